The normalized spacial score (nSPS) is 11.1. The summed E-state index contributed by atoms with van der Waals surface area (Å²) in [7, 11) is 0. The summed E-state index contributed by atoms with van der Waals surface area (Å²) in [6.07, 6.45) is 0. The van der Waals surface area contributed by atoms with Gasteiger partial charge in [0.1, 0.15) is 5.75 Å². The smallest absolute Gasteiger partial charge is 0.329 e. The zero-order valence-electron chi connectivity index (χ0n) is 18.7. The first-order valence-electron chi connectivity index (χ1n) is 10.9. The van der Waals surface area contributed by atoms with E-state index in [-0.39, 0.29) is 18.0 Å². The summed E-state index contributed by atoms with van der Waals surface area (Å²) in [5.41, 5.74) is 2.92. The maximum atomic E-state index is 13.0. The summed E-state index contributed by atoms with van der Waals surface area (Å²) in [4.78, 5) is 33.0. The molecule has 0 atom stereocenters. The van der Waals surface area contributed by atoms with Crippen LogP contribution in [0.3, 0.4) is 0 Å². The Balaban J connectivity index is 1.48. The first kappa shape index (κ1) is 21.4. The molecule has 5 aromatic rings. The van der Waals surface area contributed by atoms with Gasteiger partial charge in [-0.3, -0.25) is 9.36 Å². The van der Waals surface area contributed by atoms with Crippen LogP contribution in [-0.4, -0.2) is 26.3 Å². The van der Waals surface area contributed by atoms with E-state index in [1.165, 1.54) is 4.57 Å². The van der Waals surface area contributed by atoms with E-state index in [2.05, 4.69) is 15.1 Å². The number of aromatic amines is 1. The van der Waals surface area contributed by atoms with Crippen LogP contribution >= 0.6 is 0 Å². The van der Waals surface area contributed by atoms with E-state index in [1.54, 1.807) is 18.2 Å². The lowest BCUT2D eigenvalue weighted by atomic mass is 10.1. The highest BCUT2D eigenvalue weighted by atomic mass is 16.5. The molecule has 0 bridgehead atoms. The van der Waals surface area contributed by atoms with Crippen molar-refractivity contribution in [2.45, 2.75) is 20.4 Å². The lowest BCUT2D eigenvalue weighted by Crippen LogP contribution is -2.35. The fourth-order valence-electron chi connectivity index (χ4n) is 3.76. The van der Waals surface area contributed by atoms with Gasteiger partial charge in [0.05, 0.1) is 24.1 Å². The van der Waals surface area contributed by atoms with E-state index in [4.69, 9.17) is 9.26 Å². The largest absolute Gasteiger partial charge is 0.494 e. The molecule has 0 spiro atoms. The Morgan fingerprint density at radius 2 is 1.82 bits per heavy atom. The molecule has 2 heterocycles. The first-order valence-corrected chi connectivity index (χ1v) is 10.9. The van der Waals surface area contributed by atoms with Gasteiger partial charge in [-0.2, -0.15) is 4.98 Å². The Hall–Kier alpha value is -4.46. The minimum Gasteiger partial charge on any atom is -0.494 e. The van der Waals surface area contributed by atoms with E-state index in [0.717, 1.165) is 22.4 Å². The van der Waals surface area contributed by atoms with Crippen LogP contribution in [0.25, 0.3) is 33.7 Å². The van der Waals surface area contributed by atoms with E-state index < -0.39 is 5.69 Å². The van der Waals surface area contributed by atoms with Gasteiger partial charge in [0.25, 0.3) is 11.4 Å². The van der Waals surface area contributed by atoms with Crippen molar-refractivity contribution in [1.82, 2.24) is 19.7 Å². The average molecular weight is 454 g/mol. The van der Waals surface area contributed by atoms with Crippen LogP contribution in [0.1, 0.15) is 18.1 Å². The number of benzene rings is 3. The summed E-state index contributed by atoms with van der Waals surface area (Å²) in [5, 5.41) is 4.47. The van der Waals surface area contributed by atoms with Gasteiger partial charge in [0, 0.05) is 11.1 Å². The van der Waals surface area contributed by atoms with Gasteiger partial charge in [-0.1, -0.05) is 47.1 Å². The Kier molecular flexibility index (Phi) is 5.55. The zero-order chi connectivity index (χ0) is 23.7. The van der Waals surface area contributed by atoms with Crippen molar-refractivity contribution in [3.63, 3.8) is 0 Å². The van der Waals surface area contributed by atoms with Crippen molar-refractivity contribution in [2.24, 2.45) is 0 Å². The average Bonchev–Trinajstić information content (AvgIpc) is 3.33. The van der Waals surface area contributed by atoms with Crippen molar-refractivity contribution in [1.29, 1.82) is 0 Å². The van der Waals surface area contributed by atoms with E-state index in [0.29, 0.717) is 28.9 Å². The molecule has 0 saturated carbocycles. The second-order valence-corrected chi connectivity index (χ2v) is 7.95. The summed E-state index contributed by atoms with van der Waals surface area (Å²) in [6.45, 7) is 4.66. The minimum absolute atomic E-state index is 0.194. The number of hydrogen-bond acceptors (Lipinski definition) is 6. The molecule has 8 heteroatoms. The summed E-state index contributed by atoms with van der Waals surface area (Å²) in [6, 6.07) is 20.2. The number of aromatic nitrogens is 4. The fraction of sp³-hybridized carbons (Fsp3) is 0.154. The van der Waals surface area contributed by atoms with Gasteiger partial charge >= 0.3 is 5.69 Å². The Bertz CT molecular complexity index is 1600. The number of fused-ring (bicyclic) bond motifs is 1. The maximum absolute atomic E-state index is 13.0. The molecule has 3 aromatic carbocycles. The molecule has 0 aliphatic rings. The lowest BCUT2D eigenvalue weighted by Gasteiger charge is -2.07. The predicted molar refractivity (Wildman–Crippen MR) is 129 cm³/mol. The molecule has 2 aromatic heterocycles. The quantitative estimate of drug-likeness (QED) is 0.413. The predicted octanol–water partition coefficient (Wildman–Crippen LogP) is 4.16. The van der Waals surface area contributed by atoms with Crippen LogP contribution in [0, 0.1) is 6.92 Å². The molecule has 1 N–H and O–H groups in total. The fourth-order valence-corrected chi connectivity index (χ4v) is 3.76. The molecule has 170 valence electrons. The highest BCUT2D eigenvalue weighted by molar-refractivity contribution is 5.82. The van der Waals surface area contributed by atoms with Crippen molar-refractivity contribution in [3.05, 3.63) is 98.7 Å². The number of ether oxygens (including phenoxy) is 1. The SMILES string of the molecule is CCOc1cccc(-c2noc(-c3ccc4c(=O)n(Cc5ccc(C)cc5)c(=O)[nH]c4c3)n2)c1. The molecule has 0 aliphatic carbocycles. The standard InChI is InChI=1S/C26H22N4O4/c1-3-33-20-6-4-5-18(13-20)23-28-24(34-29-23)19-11-12-21-22(14-19)27-26(32)30(25(21)31)15-17-9-7-16(2)8-10-17/h4-14H,3,15H2,1-2H3,(H,27,32). The number of rotatable bonds is 6. The third-order valence-electron chi connectivity index (χ3n) is 5.52. The summed E-state index contributed by atoms with van der Waals surface area (Å²) < 4.78 is 12.2. The molecule has 0 saturated heterocycles. The Morgan fingerprint density at radius 3 is 2.62 bits per heavy atom. The highest BCUT2D eigenvalue weighted by Gasteiger charge is 2.14. The van der Waals surface area contributed by atoms with Gasteiger partial charge < -0.3 is 14.2 Å². The first-order chi connectivity index (χ1) is 16.5. The van der Waals surface area contributed by atoms with Crippen LogP contribution in [0.2, 0.25) is 0 Å². The topological polar surface area (TPSA) is 103 Å². The number of hydrogen-bond donors (Lipinski definition) is 1. The van der Waals surface area contributed by atoms with Crippen molar-refractivity contribution >= 4 is 10.9 Å². The molecule has 0 unspecified atom stereocenters. The summed E-state index contributed by atoms with van der Waals surface area (Å²) in [5.74, 6) is 1.42. The molecule has 0 radical (unpaired) electrons. The molecule has 8 nitrogen and oxygen atoms in total. The maximum Gasteiger partial charge on any atom is 0.329 e. The van der Waals surface area contributed by atoms with Crippen LogP contribution < -0.4 is 16.0 Å². The molecule has 0 aliphatic heterocycles. The minimum atomic E-state index is -0.478. The molecule has 0 amide bonds. The second kappa shape index (κ2) is 8.82. The number of H-pyrrole nitrogens is 1. The van der Waals surface area contributed by atoms with Crippen LogP contribution in [-0.2, 0) is 6.54 Å². The number of nitrogens with zero attached hydrogens (tertiary/aromatic N) is 3. The monoisotopic (exact) mass is 454 g/mol. The zero-order valence-corrected chi connectivity index (χ0v) is 18.7. The summed E-state index contributed by atoms with van der Waals surface area (Å²) >= 11 is 0. The van der Waals surface area contributed by atoms with Gasteiger partial charge in [0.2, 0.25) is 5.82 Å². The van der Waals surface area contributed by atoms with Crippen LogP contribution in [0.5, 0.6) is 5.75 Å². The molecule has 5 rings (SSSR count). The lowest BCUT2D eigenvalue weighted by molar-refractivity contribution is 0.340. The third-order valence-corrected chi connectivity index (χ3v) is 5.52. The van der Waals surface area contributed by atoms with Crippen molar-refractivity contribution < 1.29 is 9.26 Å². The molecule has 0 fully saturated rings. The van der Waals surface area contributed by atoms with Gasteiger partial charge in [-0.05, 0) is 49.7 Å². The number of aryl methyl sites for hydroxylation is 1. The Labute approximate surface area is 194 Å². The van der Waals surface area contributed by atoms with E-state index in [1.807, 2.05) is 62.4 Å². The van der Waals surface area contributed by atoms with E-state index >= 15 is 0 Å². The Morgan fingerprint density at radius 1 is 1.00 bits per heavy atom. The van der Waals surface area contributed by atoms with Gasteiger partial charge in [-0.15, -0.1) is 0 Å². The third kappa shape index (κ3) is 4.13. The number of nitrogens with one attached hydrogen (secondary N) is 1. The van der Waals surface area contributed by atoms with Gasteiger partial charge in [-0.25, -0.2) is 4.79 Å². The second-order valence-electron chi connectivity index (χ2n) is 7.95. The van der Waals surface area contributed by atoms with Gasteiger partial charge in [0.15, 0.2) is 0 Å². The van der Waals surface area contributed by atoms with Crippen molar-refractivity contribution in [3.8, 4) is 28.6 Å². The molecular formula is C26H22N4O4. The molecule has 34 heavy (non-hydrogen) atoms. The highest BCUT2D eigenvalue weighted by Crippen LogP contribution is 2.26. The van der Waals surface area contributed by atoms with Crippen molar-refractivity contribution in [2.75, 3.05) is 6.61 Å². The van der Waals surface area contributed by atoms with E-state index in [9.17, 15) is 9.59 Å². The van der Waals surface area contributed by atoms with Crippen LogP contribution in [0.15, 0.2) is 80.8 Å². The van der Waals surface area contributed by atoms with Crippen LogP contribution in [0.4, 0.5) is 0 Å². The molecular weight excluding hydrogens is 432 g/mol.